The number of benzene rings is 4. The summed E-state index contributed by atoms with van der Waals surface area (Å²) in [6.07, 6.45) is -1.92. The second-order valence-electron chi connectivity index (χ2n) is 14.7. The number of fused-ring (bicyclic) bond motifs is 13. The Morgan fingerprint density at radius 2 is 1.52 bits per heavy atom. The average molecular weight is 763 g/mol. The topological polar surface area (TPSA) is 124 Å². The van der Waals surface area contributed by atoms with Gasteiger partial charge in [-0.3, -0.25) is 4.79 Å². The van der Waals surface area contributed by atoms with Crippen LogP contribution in [-0.4, -0.2) is 99.1 Å². The molecule has 9 rings (SSSR count). The second-order valence-corrected chi connectivity index (χ2v) is 14.7. The van der Waals surface area contributed by atoms with E-state index in [4.69, 9.17) is 33.2 Å². The summed E-state index contributed by atoms with van der Waals surface area (Å²) >= 11 is 0. The lowest BCUT2D eigenvalue weighted by atomic mass is 9.92. The van der Waals surface area contributed by atoms with Crippen LogP contribution in [0, 0.1) is 0 Å². The van der Waals surface area contributed by atoms with Gasteiger partial charge in [0.2, 0.25) is 0 Å². The summed E-state index contributed by atoms with van der Waals surface area (Å²) in [5.74, 6) is -0.202. The fourth-order valence-corrected chi connectivity index (χ4v) is 9.19. The molecule has 1 saturated heterocycles. The van der Waals surface area contributed by atoms with E-state index in [9.17, 15) is 9.59 Å². The van der Waals surface area contributed by atoms with E-state index in [0.29, 0.717) is 45.0 Å². The Morgan fingerprint density at radius 3 is 2.25 bits per heavy atom. The third-order valence-corrected chi connectivity index (χ3v) is 11.5. The van der Waals surface area contributed by atoms with Crippen molar-refractivity contribution in [2.24, 2.45) is 0 Å². The van der Waals surface area contributed by atoms with Gasteiger partial charge in [0, 0.05) is 54.8 Å². The van der Waals surface area contributed by atoms with Crippen molar-refractivity contribution in [3.8, 4) is 0 Å². The van der Waals surface area contributed by atoms with Crippen molar-refractivity contribution < 1.29 is 42.7 Å². The van der Waals surface area contributed by atoms with Crippen molar-refractivity contribution in [3.05, 3.63) is 95.6 Å². The monoisotopic (exact) mass is 762 g/mol. The van der Waals surface area contributed by atoms with Crippen LogP contribution in [0.2, 0.25) is 0 Å². The molecule has 5 atom stereocenters. The Hall–Kier alpha value is -5.02. The molecule has 1 fully saturated rings. The molecule has 2 bridgehead atoms. The molecule has 0 saturated carbocycles. The van der Waals surface area contributed by atoms with Crippen molar-refractivity contribution in [2.75, 3.05) is 60.9 Å². The molecule has 4 aromatic carbocycles. The number of para-hydroxylation sites is 2. The molecule has 3 aliphatic rings. The van der Waals surface area contributed by atoms with Crippen LogP contribution in [0.3, 0.4) is 0 Å². The van der Waals surface area contributed by atoms with Crippen molar-refractivity contribution >= 4 is 55.6 Å². The van der Waals surface area contributed by atoms with Crippen LogP contribution >= 0.6 is 0 Å². The first kappa shape index (κ1) is 36.6. The highest BCUT2D eigenvalue weighted by atomic mass is 16.6. The van der Waals surface area contributed by atoms with Crippen molar-refractivity contribution in [1.82, 2.24) is 19.4 Å². The molecule has 2 aromatic heterocycles. The van der Waals surface area contributed by atoms with Gasteiger partial charge >= 0.3 is 6.09 Å². The minimum absolute atomic E-state index is 0.148. The minimum Gasteiger partial charge on any atom is -0.445 e. The van der Waals surface area contributed by atoms with Gasteiger partial charge in [0.25, 0.3) is 5.91 Å². The Morgan fingerprint density at radius 1 is 0.857 bits per heavy atom. The molecular weight excluding hydrogens is 716 g/mol. The predicted molar refractivity (Wildman–Crippen MR) is 209 cm³/mol. The summed E-state index contributed by atoms with van der Waals surface area (Å²) in [5, 5.41) is 6.78. The summed E-state index contributed by atoms with van der Waals surface area (Å²) in [6.45, 7) is 4.67. The summed E-state index contributed by atoms with van der Waals surface area (Å²) in [4.78, 5) is 29.8. The Labute approximate surface area is 323 Å². The molecule has 0 radical (unpaired) electrons. The van der Waals surface area contributed by atoms with E-state index in [1.54, 1.807) is 26.2 Å². The van der Waals surface area contributed by atoms with Gasteiger partial charge in [0.15, 0.2) is 12.0 Å². The van der Waals surface area contributed by atoms with Crippen molar-refractivity contribution in [3.63, 3.8) is 0 Å². The van der Waals surface area contributed by atoms with Crippen molar-refractivity contribution in [2.45, 2.75) is 50.3 Å². The van der Waals surface area contributed by atoms with Gasteiger partial charge in [0.05, 0.1) is 73.3 Å². The molecule has 0 spiro atoms. The standard InChI is InChI=1S/C43H46N4O9/c1-43-39(51-4)31(45(2)42(49)55-25-26-12-6-5-7-13-26)24-32(56-43)46-29-16-10-8-14-27(29)33-35-36(34-28-15-9-11-17-30(28)47(43)38(34)37(33)46)41(44-40(35)48)54-23-22-53-21-20-52-19-18-50-3/h5-17,31-32,39,41H,18-25H2,1-4H3,(H,44,48). The first-order valence-corrected chi connectivity index (χ1v) is 19.1. The van der Waals surface area contributed by atoms with Crippen LogP contribution in [0.15, 0.2) is 78.9 Å². The lowest BCUT2D eigenvalue weighted by Gasteiger charge is -2.50. The normalized spacial score (nSPS) is 22.6. The number of methoxy groups -OCH3 is 2. The Balaban J connectivity index is 1.18. The Kier molecular flexibility index (Phi) is 9.68. The number of nitrogens with zero attached hydrogens (tertiary/aromatic N) is 3. The minimum atomic E-state index is -1.12. The number of amides is 2. The van der Waals surface area contributed by atoms with Crippen LogP contribution in [0.5, 0.6) is 0 Å². The zero-order valence-electron chi connectivity index (χ0n) is 32.0. The molecule has 6 aromatic rings. The van der Waals surface area contributed by atoms with E-state index in [1.165, 1.54) is 0 Å². The number of carbonyl (C=O) groups excluding carboxylic acids is 2. The van der Waals surface area contributed by atoms with E-state index < -0.39 is 36.4 Å². The predicted octanol–water partition coefficient (Wildman–Crippen LogP) is 6.60. The number of hydrogen-bond acceptors (Lipinski definition) is 9. The maximum absolute atomic E-state index is 14.3. The third kappa shape index (κ3) is 5.75. The summed E-state index contributed by atoms with van der Waals surface area (Å²) in [6, 6.07) is 25.5. The smallest absolute Gasteiger partial charge is 0.410 e. The van der Waals surface area contributed by atoms with Gasteiger partial charge in [-0.2, -0.15) is 0 Å². The van der Waals surface area contributed by atoms with Gasteiger partial charge < -0.3 is 52.5 Å². The number of likely N-dealkylation sites (N-methyl/N-ethyl adjacent to an activating group) is 1. The number of hydrogen-bond donors (Lipinski definition) is 1. The molecular formula is C43H46N4O9. The lowest BCUT2D eigenvalue weighted by Crippen LogP contribution is -2.61. The zero-order chi connectivity index (χ0) is 38.6. The van der Waals surface area contributed by atoms with Gasteiger partial charge in [-0.25, -0.2) is 4.79 Å². The highest BCUT2D eigenvalue weighted by Crippen LogP contribution is 2.55. The number of rotatable bonds is 14. The highest BCUT2D eigenvalue weighted by molar-refractivity contribution is 6.31. The third-order valence-electron chi connectivity index (χ3n) is 11.5. The molecule has 13 nitrogen and oxygen atoms in total. The quantitative estimate of drug-likeness (QED) is 0.122. The molecule has 5 heterocycles. The first-order chi connectivity index (χ1) is 27.4. The van der Waals surface area contributed by atoms with Crippen LogP contribution in [0.25, 0.3) is 43.6 Å². The fourth-order valence-electron chi connectivity index (χ4n) is 9.19. The summed E-state index contributed by atoms with van der Waals surface area (Å²) < 4.78 is 46.8. The number of carbonyl (C=O) groups is 2. The molecule has 2 amide bonds. The van der Waals surface area contributed by atoms with E-state index in [1.807, 2.05) is 61.5 Å². The number of aromatic nitrogens is 2. The lowest BCUT2D eigenvalue weighted by molar-refractivity contribution is -0.265. The molecule has 292 valence electrons. The molecule has 1 N–H and O–H groups in total. The number of ether oxygens (including phenoxy) is 7. The maximum Gasteiger partial charge on any atom is 0.410 e. The fraction of sp³-hybridized carbons (Fsp3) is 0.395. The SMILES string of the molecule is COCCOCCOCCOC1NC(=O)c2c1c1c3ccccc3n3c1c1c2c2ccccc2n1C1CC(N(C)C(=O)OCc2ccccc2)C(OC)C3(C)O1. The summed E-state index contributed by atoms with van der Waals surface area (Å²) in [7, 11) is 5.07. The molecule has 5 unspecified atom stereocenters. The maximum atomic E-state index is 14.3. The van der Waals surface area contributed by atoms with Crippen LogP contribution in [0.1, 0.15) is 47.3 Å². The van der Waals surface area contributed by atoms with Gasteiger partial charge in [-0.05, 0) is 24.6 Å². The van der Waals surface area contributed by atoms with E-state index >= 15 is 0 Å². The van der Waals surface area contributed by atoms with Crippen LogP contribution < -0.4 is 5.32 Å². The molecule has 0 aliphatic carbocycles. The largest absolute Gasteiger partial charge is 0.445 e. The zero-order valence-corrected chi connectivity index (χ0v) is 32.0. The van der Waals surface area contributed by atoms with Crippen molar-refractivity contribution in [1.29, 1.82) is 0 Å². The van der Waals surface area contributed by atoms with Crippen LogP contribution in [0.4, 0.5) is 4.79 Å². The second kappa shape index (κ2) is 14.8. The average Bonchev–Trinajstić information content (AvgIpc) is 3.84. The van der Waals surface area contributed by atoms with Gasteiger partial charge in [0.1, 0.15) is 18.9 Å². The Bertz CT molecular complexity index is 2440. The number of nitrogens with one attached hydrogen (secondary N) is 1. The molecule has 3 aliphatic heterocycles. The van der Waals surface area contributed by atoms with Gasteiger partial charge in [-0.15, -0.1) is 0 Å². The van der Waals surface area contributed by atoms with E-state index in [2.05, 4.69) is 38.7 Å². The van der Waals surface area contributed by atoms with Gasteiger partial charge in [-0.1, -0.05) is 66.7 Å². The van der Waals surface area contributed by atoms with E-state index in [-0.39, 0.29) is 19.1 Å². The van der Waals surface area contributed by atoms with Crippen LogP contribution in [-0.2, 0) is 45.5 Å². The first-order valence-electron chi connectivity index (χ1n) is 19.1. The highest BCUT2D eigenvalue weighted by Gasteiger charge is 2.55. The summed E-state index contributed by atoms with van der Waals surface area (Å²) in [5.41, 5.74) is 4.78. The molecule has 13 heteroatoms. The van der Waals surface area contributed by atoms with E-state index in [0.717, 1.165) is 54.7 Å². The molecule has 56 heavy (non-hydrogen) atoms.